The molecule has 0 radical (unpaired) electrons. The summed E-state index contributed by atoms with van der Waals surface area (Å²) in [7, 11) is 0. The average molecular weight is 247 g/mol. The molecule has 0 aliphatic carbocycles. The molecule has 0 amide bonds. The van der Waals surface area contributed by atoms with Gasteiger partial charge in [-0.05, 0) is 32.9 Å². The highest BCUT2D eigenvalue weighted by Crippen LogP contribution is 2.33. The Morgan fingerprint density at radius 3 is 2.47 bits per heavy atom. The van der Waals surface area contributed by atoms with E-state index >= 15 is 0 Å². The van der Waals surface area contributed by atoms with E-state index in [9.17, 15) is 0 Å². The van der Waals surface area contributed by atoms with E-state index in [1.165, 1.54) is 10.5 Å². The fourth-order valence-corrected chi connectivity index (χ4v) is 2.64. The standard InChI is InChI=1S/C13H17N3S/c1-4-16-13(12(14)10(3)15-16)17-11-7-5-9(2)6-8-11/h5-8H,4,14H2,1-3H3. The molecule has 2 aromatic rings. The number of hydrogen-bond donors (Lipinski definition) is 1. The molecule has 0 fully saturated rings. The lowest BCUT2D eigenvalue weighted by molar-refractivity contribution is 0.602. The summed E-state index contributed by atoms with van der Waals surface area (Å²) in [6.07, 6.45) is 0. The summed E-state index contributed by atoms with van der Waals surface area (Å²) >= 11 is 1.67. The first-order valence-corrected chi connectivity index (χ1v) is 6.51. The number of anilines is 1. The van der Waals surface area contributed by atoms with Crippen molar-refractivity contribution in [3.8, 4) is 0 Å². The molecular formula is C13H17N3S. The third kappa shape index (κ3) is 2.47. The molecule has 2 rings (SSSR count). The Kier molecular flexibility index (Phi) is 3.43. The van der Waals surface area contributed by atoms with Gasteiger partial charge in [-0.25, -0.2) is 0 Å². The van der Waals surface area contributed by atoms with Crippen molar-refractivity contribution in [3.05, 3.63) is 35.5 Å². The molecule has 0 bridgehead atoms. The van der Waals surface area contributed by atoms with Crippen LogP contribution < -0.4 is 5.73 Å². The minimum atomic E-state index is 0.789. The normalized spacial score (nSPS) is 10.8. The number of aromatic nitrogens is 2. The van der Waals surface area contributed by atoms with Gasteiger partial charge < -0.3 is 5.73 Å². The van der Waals surface area contributed by atoms with E-state index in [0.717, 1.165) is 23.0 Å². The van der Waals surface area contributed by atoms with Crippen LogP contribution >= 0.6 is 11.8 Å². The van der Waals surface area contributed by atoms with Crippen LogP contribution in [0.15, 0.2) is 34.2 Å². The number of aryl methyl sites for hydroxylation is 3. The van der Waals surface area contributed by atoms with Crippen LogP contribution in [-0.4, -0.2) is 9.78 Å². The highest BCUT2D eigenvalue weighted by molar-refractivity contribution is 7.99. The molecule has 4 heteroatoms. The molecule has 90 valence electrons. The second-order valence-corrected chi connectivity index (χ2v) is 5.10. The number of nitrogens with zero attached hydrogens (tertiary/aromatic N) is 2. The largest absolute Gasteiger partial charge is 0.395 e. The number of hydrogen-bond acceptors (Lipinski definition) is 3. The minimum Gasteiger partial charge on any atom is -0.395 e. The summed E-state index contributed by atoms with van der Waals surface area (Å²) < 4.78 is 1.95. The fraction of sp³-hybridized carbons (Fsp3) is 0.308. The summed E-state index contributed by atoms with van der Waals surface area (Å²) in [5, 5.41) is 5.45. The van der Waals surface area contributed by atoms with Crippen molar-refractivity contribution in [1.29, 1.82) is 0 Å². The van der Waals surface area contributed by atoms with E-state index in [1.807, 2.05) is 11.6 Å². The van der Waals surface area contributed by atoms with Crippen LogP contribution in [0.4, 0.5) is 5.69 Å². The number of benzene rings is 1. The Morgan fingerprint density at radius 2 is 1.88 bits per heavy atom. The Hall–Kier alpha value is -1.42. The molecule has 1 aromatic heterocycles. The second-order valence-electron chi connectivity index (χ2n) is 4.04. The second kappa shape index (κ2) is 4.84. The van der Waals surface area contributed by atoms with Gasteiger partial charge in [-0.2, -0.15) is 5.10 Å². The summed E-state index contributed by atoms with van der Waals surface area (Å²) in [5.74, 6) is 0. The van der Waals surface area contributed by atoms with Gasteiger partial charge in [-0.3, -0.25) is 4.68 Å². The quantitative estimate of drug-likeness (QED) is 0.905. The molecule has 0 unspecified atom stereocenters. The first-order chi connectivity index (χ1) is 8.11. The molecule has 0 saturated carbocycles. The molecule has 0 aliphatic rings. The zero-order valence-corrected chi connectivity index (χ0v) is 11.2. The molecule has 0 spiro atoms. The smallest absolute Gasteiger partial charge is 0.122 e. The molecule has 2 N–H and O–H groups in total. The average Bonchev–Trinajstić information content (AvgIpc) is 2.59. The summed E-state index contributed by atoms with van der Waals surface area (Å²) in [4.78, 5) is 1.19. The summed E-state index contributed by atoms with van der Waals surface area (Å²) in [6.45, 7) is 6.95. The van der Waals surface area contributed by atoms with E-state index in [2.05, 4.69) is 43.2 Å². The lowest BCUT2D eigenvalue weighted by Gasteiger charge is -2.05. The lowest BCUT2D eigenvalue weighted by Crippen LogP contribution is -1.98. The van der Waals surface area contributed by atoms with Crippen molar-refractivity contribution in [2.75, 3.05) is 5.73 Å². The molecule has 1 aromatic carbocycles. The first kappa shape index (κ1) is 12.0. The van der Waals surface area contributed by atoms with E-state index in [0.29, 0.717) is 0 Å². The van der Waals surface area contributed by atoms with E-state index in [-0.39, 0.29) is 0 Å². The Balaban J connectivity index is 2.32. The third-order valence-corrected chi connectivity index (χ3v) is 3.79. The topological polar surface area (TPSA) is 43.8 Å². The molecule has 0 aliphatic heterocycles. The Morgan fingerprint density at radius 1 is 1.24 bits per heavy atom. The van der Waals surface area contributed by atoms with Crippen LogP contribution in [0.25, 0.3) is 0 Å². The monoisotopic (exact) mass is 247 g/mol. The van der Waals surface area contributed by atoms with Crippen molar-refractivity contribution in [3.63, 3.8) is 0 Å². The van der Waals surface area contributed by atoms with Crippen LogP contribution in [0.2, 0.25) is 0 Å². The maximum atomic E-state index is 6.05. The third-order valence-electron chi connectivity index (χ3n) is 2.66. The zero-order valence-electron chi connectivity index (χ0n) is 10.4. The first-order valence-electron chi connectivity index (χ1n) is 5.69. The predicted molar refractivity (Wildman–Crippen MR) is 72.4 cm³/mol. The molecular weight excluding hydrogens is 230 g/mol. The number of rotatable bonds is 3. The van der Waals surface area contributed by atoms with Crippen molar-refractivity contribution in [1.82, 2.24) is 9.78 Å². The van der Waals surface area contributed by atoms with Gasteiger partial charge in [0.05, 0.1) is 11.4 Å². The molecule has 1 heterocycles. The molecule has 0 saturated heterocycles. The number of nitrogens with two attached hydrogens (primary N) is 1. The van der Waals surface area contributed by atoms with Crippen LogP contribution in [0.1, 0.15) is 18.2 Å². The van der Waals surface area contributed by atoms with Gasteiger partial charge in [0.2, 0.25) is 0 Å². The highest BCUT2D eigenvalue weighted by Gasteiger charge is 2.12. The maximum absolute atomic E-state index is 6.05. The van der Waals surface area contributed by atoms with Crippen LogP contribution in [0.3, 0.4) is 0 Å². The van der Waals surface area contributed by atoms with Gasteiger partial charge >= 0.3 is 0 Å². The van der Waals surface area contributed by atoms with Crippen LogP contribution in [0.5, 0.6) is 0 Å². The SMILES string of the molecule is CCn1nc(C)c(N)c1Sc1ccc(C)cc1. The summed E-state index contributed by atoms with van der Waals surface area (Å²) in [5.41, 5.74) is 9.01. The molecule has 17 heavy (non-hydrogen) atoms. The van der Waals surface area contributed by atoms with Gasteiger partial charge in [0, 0.05) is 11.4 Å². The minimum absolute atomic E-state index is 0.789. The van der Waals surface area contributed by atoms with Crippen LogP contribution in [0, 0.1) is 13.8 Å². The van der Waals surface area contributed by atoms with Gasteiger partial charge in [-0.15, -0.1) is 0 Å². The van der Waals surface area contributed by atoms with Crippen LogP contribution in [-0.2, 0) is 6.54 Å². The van der Waals surface area contributed by atoms with Crippen molar-refractivity contribution in [2.45, 2.75) is 37.2 Å². The summed E-state index contributed by atoms with van der Waals surface area (Å²) in [6, 6.07) is 8.44. The van der Waals surface area contributed by atoms with E-state index in [1.54, 1.807) is 11.8 Å². The lowest BCUT2D eigenvalue weighted by atomic mass is 10.2. The van der Waals surface area contributed by atoms with Gasteiger partial charge in [-0.1, -0.05) is 29.5 Å². The molecule has 0 atom stereocenters. The van der Waals surface area contributed by atoms with Gasteiger partial charge in [0.25, 0.3) is 0 Å². The predicted octanol–water partition coefficient (Wildman–Crippen LogP) is 3.25. The van der Waals surface area contributed by atoms with Crippen molar-refractivity contribution < 1.29 is 0 Å². The Bertz CT molecular complexity index is 514. The number of nitrogen functional groups attached to an aromatic ring is 1. The fourth-order valence-electron chi connectivity index (χ4n) is 1.61. The van der Waals surface area contributed by atoms with Gasteiger partial charge in [0.15, 0.2) is 0 Å². The zero-order chi connectivity index (χ0) is 12.4. The van der Waals surface area contributed by atoms with Crippen molar-refractivity contribution in [2.24, 2.45) is 0 Å². The van der Waals surface area contributed by atoms with Gasteiger partial charge in [0.1, 0.15) is 5.03 Å². The highest BCUT2D eigenvalue weighted by atomic mass is 32.2. The van der Waals surface area contributed by atoms with E-state index < -0.39 is 0 Å². The maximum Gasteiger partial charge on any atom is 0.122 e. The molecule has 3 nitrogen and oxygen atoms in total. The Labute approximate surface area is 106 Å². The van der Waals surface area contributed by atoms with E-state index in [4.69, 9.17) is 5.73 Å². The van der Waals surface area contributed by atoms with Crippen molar-refractivity contribution >= 4 is 17.4 Å².